The van der Waals surface area contributed by atoms with Gasteiger partial charge in [0.1, 0.15) is 0 Å². The summed E-state index contributed by atoms with van der Waals surface area (Å²) in [6.07, 6.45) is 1.60. The van der Waals surface area contributed by atoms with Crippen LogP contribution >= 0.6 is 0 Å². The molecule has 0 saturated heterocycles. The minimum Gasteiger partial charge on any atom is -0.396 e. The summed E-state index contributed by atoms with van der Waals surface area (Å²) in [5, 5.41) is 18.2. The van der Waals surface area contributed by atoms with Crippen LogP contribution in [0.2, 0.25) is 0 Å². The van der Waals surface area contributed by atoms with Gasteiger partial charge in [-0.25, -0.2) is 0 Å². The van der Waals surface area contributed by atoms with Crippen LogP contribution in [0, 0.1) is 13.8 Å². The molecule has 2 N–H and O–H groups in total. The lowest BCUT2D eigenvalue weighted by Gasteiger charge is -2.26. The van der Waals surface area contributed by atoms with E-state index in [1.54, 1.807) is 0 Å². The Morgan fingerprint density at radius 2 is 1.94 bits per heavy atom. The lowest BCUT2D eigenvalue weighted by molar-refractivity contribution is 0.120. The first-order valence-corrected chi connectivity index (χ1v) is 6.56. The lowest BCUT2D eigenvalue weighted by atomic mass is 10.0. The molecule has 18 heavy (non-hydrogen) atoms. The molecule has 0 aromatic heterocycles. The Hall–Kier alpha value is -0.900. The van der Waals surface area contributed by atoms with E-state index in [0.29, 0.717) is 6.42 Å². The molecule has 0 aliphatic heterocycles. The Bertz CT molecular complexity index is 366. The third-order valence-corrected chi connectivity index (χ3v) is 3.53. The van der Waals surface area contributed by atoms with Gasteiger partial charge in [0, 0.05) is 19.2 Å². The van der Waals surface area contributed by atoms with Gasteiger partial charge in [-0.15, -0.1) is 0 Å². The Balaban J connectivity index is 2.55. The minimum absolute atomic E-state index is 0.0557. The van der Waals surface area contributed by atoms with E-state index in [4.69, 9.17) is 5.11 Å². The van der Waals surface area contributed by atoms with Crippen molar-refractivity contribution < 1.29 is 10.2 Å². The van der Waals surface area contributed by atoms with E-state index in [1.165, 1.54) is 16.7 Å². The number of rotatable bonds is 7. The summed E-state index contributed by atoms with van der Waals surface area (Å²) in [4.78, 5) is 2.12. The van der Waals surface area contributed by atoms with Crippen LogP contribution in [0.1, 0.15) is 23.1 Å². The van der Waals surface area contributed by atoms with Gasteiger partial charge in [-0.1, -0.05) is 23.8 Å². The molecule has 3 heteroatoms. The molecule has 0 saturated carbocycles. The van der Waals surface area contributed by atoms with E-state index in [0.717, 1.165) is 13.0 Å². The van der Waals surface area contributed by atoms with Crippen molar-refractivity contribution in [1.82, 2.24) is 4.90 Å². The summed E-state index contributed by atoms with van der Waals surface area (Å²) in [6, 6.07) is 6.57. The molecule has 0 bridgehead atoms. The predicted molar refractivity (Wildman–Crippen MR) is 74.8 cm³/mol. The standard InChI is InChI=1S/C15H25NO2/c1-12-4-5-13(2)14(10-12)6-8-16(3)15(11-18)7-9-17/h4-5,10,15,17-18H,6-9,11H2,1-3H3. The fourth-order valence-corrected chi connectivity index (χ4v) is 2.15. The van der Waals surface area contributed by atoms with Gasteiger partial charge in [0.2, 0.25) is 0 Å². The van der Waals surface area contributed by atoms with E-state index in [1.807, 2.05) is 7.05 Å². The van der Waals surface area contributed by atoms with Crippen molar-refractivity contribution in [3.05, 3.63) is 34.9 Å². The molecular formula is C15H25NO2. The lowest BCUT2D eigenvalue weighted by Crippen LogP contribution is -2.36. The second kappa shape index (κ2) is 7.52. The largest absolute Gasteiger partial charge is 0.396 e. The van der Waals surface area contributed by atoms with Crippen LogP contribution in [0.3, 0.4) is 0 Å². The molecule has 3 nitrogen and oxygen atoms in total. The summed E-state index contributed by atoms with van der Waals surface area (Å²) in [6.45, 7) is 5.36. The Morgan fingerprint density at radius 1 is 1.22 bits per heavy atom. The Kier molecular flexibility index (Phi) is 6.33. The second-order valence-corrected chi connectivity index (χ2v) is 5.01. The van der Waals surface area contributed by atoms with Crippen LogP contribution < -0.4 is 0 Å². The number of aliphatic hydroxyl groups excluding tert-OH is 2. The first-order chi connectivity index (χ1) is 8.58. The summed E-state index contributed by atoms with van der Waals surface area (Å²) >= 11 is 0. The molecule has 0 heterocycles. The van der Waals surface area contributed by atoms with Gasteiger partial charge in [-0.2, -0.15) is 0 Å². The zero-order valence-corrected chi connectivity index (χ0v) is 11.7. The van der Waals surface area contributed by atoms with Crippen LogP contribution in [-0.2, 0) is 6.42 Å². The molecule has 0 amide bonds. The number of hydrogen-bond acceptors (Lipinski definition) is 3. The normalized spacial score (nSPS) is 13.0. The molecule has 0 aliphatic carbocycles. The summed E-state index contributed by atoms with van der Waals surface area (Å²) in [7, 11) is 2.00. The number of hydrogen-bond donors (Lipinski definition) is 2. The van der Waals surface area contributed by atoms with Crippen molar-refractivity contribution in [3.8, 4) is 0 Å². The Morgan fingerprint density at radius 3 is 2.56 bits per heavy atom. The highest BCUT2D eigenvalue weighted by atomic mass is 16.3. The van der Waals surface area contributed by atoms with Crippen molar-refractivity contribution in [3.63, 3.8) is 0 Å². The zero-order valence-electron chi connectivity index (χ0n) is 11.7. The molecule has 0 radical (unpaired) electrons. The van der Waals surface area contributed by atoms with Crippen molar-refractivity contribution in [1.29, 1.82) is 0 Å². The fourth-order valence-electron chi connectivity index (χ4n) is 2.15. The van der Waals surface area contributed by atoms with E-state index >= 15 is 0 Å². The van der Waals surface area contributed by atoms with Crippen molar-refractivity contribution >= 4 is 0 Å². The highest BCUT2D eigenvalue weighted by Crippen LogP contribution is 2.12. The molecule has 0 spiro atoms. The maximum Gasteiger partial charge on any atom is 0.0587 e. The quantitative estimate of drug-likeness (QED) is 0.772. The van der Waals surface area contributed by atoms with Crippen LogP contribution in [0.15, 0.2) is 18.2 Å². The van der Waals surface area contributed by atoms with Gasteiger partial charge in [-0.05, 0) is 44.9 Å². The SMILES string of the molecule is Cc1ccc(C)c(CCN(C)C(CO)CCO)c1. The van der Waals surface area contributed by atoms with Gasteiger partial charge < -0.3 is 15.1 Å². The van der Waals surface area contributed by atoms with Gasteiger partial charge in [0.25, 0.3) is 0 Å². The van der Waals surface area contributed by atoms with Gasteiger partial charge in [0.05, 0.1) is 6.61 Å². The van der Waals surface area contributed by atoms with Crippen LogP contribution in [-0.4, -0.2) is 48.0 Å². The van der Waals surface area contributed by atoms with E-state index in [-0.39, 0.29) is 19.3 Å². The molecule has 1 aromatic rings. The van der Waals surface area contributed by atoms with Gasteiger partial charge in [0.15, 0.2) is 0 Å². The van der Waals surface area contributed by atoms with Crippen molar-refractivity contribution in [2.24, 2.45) is 0 Å². The zero-order chi connectivity index (χ0) is 13.5. The highest BCUT2D eigenvalue weighted by Gasteiger charge is 2.13. The van der Waals surface area contributed by atoms with Crippen molar-refractivity contribution in [2.75, 3.05) is 26.8 Å². The summed E-state index contributed by atoms with van der Waals surface area (Å²) < 4.78 is 0. The average Bonchev–Trinajstić information content (AvgIpc) is 2.36. The smallest absolute Gasteiger partial charge is 0.0587 e. The third-order valence-electron chi connectivity index (χ3n) is 3.53. The average molecular weight is 251 g/mol. The van der Waals surface area contributed by atoms with Crippen LogP contribution in [0.25, 0.3) is 0 Å². The topological polar surface area (TPSA) is 43.7 Å². The number of aliphatic hydroxyl groups is 2. The molecule has 1 atom stereocenters. The summed E-state index contributed by atoms with van der Waals surface area (Å²) in [5.74, 6) is 0. The first kappa shape index (κ1) is 15.2. The van der Waals surface area contributed by atoms with Gasteiger partial charge >= 0.3 is 0 Å². The number of aryl methyl sites for hydroxylation is 2. The van der Waals surface area contributed by atoms with Crippen molar-refractivity contribution in [2.45, 2.75) is 32.7 Å². The number of nitrogens with zero attached hydrogens (tertiary/aromatic N) is 1. The third kappa shape index (κ3) is 4.41. The van der Waals surface area contributed by atoms with E-state index in [9.17, 15) is 5.11 Å². The van der Waals surface area contributed by atoms with E-state index < -0.39 is 0 Å². The van der Waals surface area contributed by atoms with Gasteiger partial charge in [-0.3, -0.25) is 0 Å². The molecule has 1 rings (SSSR count). The Labute approximate surface area is 110 Å². The molecule has 102 valence electrons. The second-order valence-electron chi connectivity index (χ2n) is 5.01. The fraction of sp³-hybridized carbons (Fsp3) is 0.600. The van der Waals surface area contributed by atoms with Crippen LogP contribution in [0.5, 0.6) is 0 Å². The summed E-state index contributed by atoms with van der Waals surface area (Å²) in [5.41, 5.74) is 3.96. The monoisotopic (exact) mass is 251 g/mol. The molecule has 1 aromatic carbocycles. The first-order valence-electron chi connectivity index (χ1n) is 6.56. The number of benzene rings is 1. The minimum atomic E-state index is 0.0557. The number of likely N-dealkylation sites (N-methyl/N-ethyl adjacent to an activating group) is 1. The molecule has 0 aliphatic rings. The highest BCUT2D eigenvalue weighted by molar-refractivity contribution is 5.30. The van der Waals surface area contributed by atoms with E-state index in [2.05, 4.69) is 36.9 Å². The molecule has 1 unspecified atom stereocenters. The molecule has 0 fully saturated rings. The molecular weight excluding hydrogens is 226 g/mol. The van der Waals surface area contributed by atoms with Crippen LogP contribution in [0.4, 0.5) is 0 Å². The maximum atomic E-state index is 9.27. The predicted octanol–water partition coefficient (Wildman–Crippen LogP) is 1.52. The maximum absolute atomic E-state index is 9.27.